The van der Waals surface area contributed by atoms with Crippen molar-refractivity contribution in [3.63, 3.8) is 0 Å². The Hall–Kier alpha value is -2.55. The van der Waals surface area contributed by atoms with Gasteiger partial charge in [0.1, 0.15) is 0 Å². The third-order valence-electron chi connectivity index (χ3n) is 4.68. The Bertz CT molecular complexity index is 831. The molecule has 9 heteroatoms. The molecule has 2 N–H and O–H groups in total. The van der Waals surface area contributed by atoms with Crippen LogP contribution in [0.25, 0.3) is 11.4 Å². The number of urea groups is 1. The highest BCUT2D eigenvalue weighted by molar-refractivity contribution is 7.99. The fourth-order valence-corrected chi connectivity index (χ4v) is 3.62. The van der Waals surface area contributed by atoms with E-state index >= 15 is 0 Å². The summed E-state index contributed by atoms with van der Waals surface area (Å²) in [5.74, 6) is 0.950. The number of nitrogens with one attached hydrogen (secondary N) is 2. The summed E-state index contributed by atoms with van der Waals surface area (Å²) < 4.78 is 1.85. The molecule has 0 unspecified atom stereocenters. The van der Waals surface area contributed by atoms with Crippen LogP contribution in [0, 0.1) is 5.92 Å². The lowest BCUT2D eigenvalue weighted by atomic mass is 10.1. The summed E-state index contributed by atoms with van der Waals surface area (Å²) in [6.45, 7) is 10.9. The lowest BCUT2D eigenvalue weighted by Gasteiger charge is -2.21. The third-order valence-corrected chi connectivity index (χ3v) is 5.70. The van der Waals surface area contributed by atoms with Crippen LogP contribution in [0.4, 0.5) is 10.5 Å². The molecule has 0 aliphatic carbocycles. The fourth-order valence-electron chi connectivity index (χ4n) is 2.91. The molecule has 1 aromatic carbocycles. The van der Waals surface area contributed by atoms with E-state index in [1.807, 2.05) is 23.7 Å². The van der Waals surface area contributed by atoms with Gasteiger partial charge in [-0.1, -0.05) is 25.6 Å². The number of nitrogens with zero attached hydrogens (tertiary/aromatic N) is 4. The highest BCUT2D eigenvalue weighted by Gasteiger charge is 2.14. The van der Waals surface area contributed by atoms with E-state index in [0.29, 0.717) is 17.6 Å². The first-order chi connectivity index (χ1) is 14.3. The van der Waals surface area contributed by atoms with Crippen LogP contribution in [0.15, 0.2) is 29.4 Å². The summed E-state index contributed by atoms with van der Waals surface area (Å²) in [6, 6.07) is 7.75. The van der Waals surface area contributed by atoms with Crippen LogP contribution in [0.2, 0.25) is 0 Å². The average Bonchev–Trinajstić information content (AvgIpc) is 3.08. The van der Waals surface area contributed by atoms with Crippen molar-refractivity contribution in [2.75, 3.05) is 30.3 Å². The van der Waals surface area contributed by atoms with Gasteiger partial charge in [-0.3, -0.25) is 10.1 Å². The van der Waals surface area contributed by atoms with Gasteiger partial charge in [-0.2, -0.15) is 0 Å². The number of anilines is 1. The Morgan fingerprint density at radius 2 is 1.80 bits per heavy atom. The second-order valence-corrected chi connectivity index (χ2v) is 8.30. The molecule has 164 valence electrons. The maximum Gasteiger partial charge on any atom is 0.321 e. The fraction of sp³-hybridized carbons (Fsp3) is 0.524. The van der Waals surface area contributed by atoms with Crippen LogP contribution in [0.3, 0.4) is 0 Å². The molecule has 8 nitrogen and oxygen atoms in total. The zero-order valence-electron chi connectivity index (χ0n) is 18.4. The lowest BCUT2D eigenvalue weighted by molar-refractivity contribution is -0.117. The standard InChI is InChI=1S/C21H32N6O2S/c1-6-27(7-2)17-10-8-16(9-11-17)19-24-25-21(26(19)5)30-14-18(28)23-20(29)22-13-12-15(3)4/h8-11,15H,6-7,12-14H2,1-5H3,(H2,22,23,28,29). The summed E-state index contributed by atoms with van der Waals surface area (Å²) in [5.41, 5.74) is 2.13. The minimum Gasteiger partial charge on any atom is -0.372 e. The molecule has 0 bridgehead atoms. The van der Waals surface area contributed by atoms with E-state index in [2.05, 4.69) is 65.6 Å². The molecule has 0 fully saturated rings. The number of benzene rings is 1. The Balaban J connectivity index is 1.91. The maximum atomic E-state index is 12.0. The summed E-state index contributed by atoms with van der Waals surface area (Å²) >= 11 is 1.25. The normalized spacial score (nSPS) is 10.9. The van der Waals surface area contributed by atoms with Gasteiger partial charge in [0.15, 0.2) is 11.0 Å². The van der Waals surface area contributed by atoms with E-state index in [-0.39, 0.29) is 11.7 Å². The van der Waals surface area contributed by atoms with Gasteiger partial charge in [0.2, 0.25) is 5.91 Å². The first kappa shape index (κ1) is 23.7. The van der Waals surface area contributed by atoms with Gasteiger partial charge in [-0.15, -0.1) is 10.2 Å². The first-order valence-corrected chi connectivity index (χ1v) is 11.3. The van der Waals surface area contributed by atoms with E-state index in [9.17, 15) is 9.59 Å². The van der Waals surface area contributed by atoms with E-state index in [0.717, 1.165) is 30.9 Å². The Labute approximate surface area is 182 Å². The van der Waals surface area contributed by atoms with Crippen LogP contribution in [0.1, 0.15) is 34.1 Å². The van der Waals surface area contributed by atoms with Gasteiger partial charge in [-0.25, -0.2) is 4.79 Å². The molecular formula is C21H32N6O2S. The van der Waals surface area contributed by atoms with Crippen LogP contribution in [0.5, 0.6) is 0 Å². The molecule has 2 rings (SSSR count). The van der Waals surface area contributed by atoms with Gasteiger partial charge in [0, 0.05) is 37.9 Å². The topological polar surface area (TPSA) is 92.2 Å². The zero-order valence-corrected chi connectivity index (χ0v) is 19.3. The van der Waals surface area contributed by atoms with Crippen molar-refractivity contribution in [3.05, 3.63) is 24.3 Å². The maximum absolute atomic E-state index is 12.0. The molecule has 0 atom stereocenters. The summed E-state index contributed by atoms with van der Waals surface area (Å²) in [5, 5.41) is 14.1. The van der Waals surface area contributed by atoms with Gasteiger partial charge in [0.05, 0.1) is 5.75 Å². The highest BCUT2D eigenvalue weighted by Crippen LogP contribution is 2.25. The van der Waals surface area contributed by atoms with Crippen molar-refractivity contribution in [3.8, 4) is 11.4 Å². The quantitative estimate of drug-likeness (QED) is 0.560. The van der Waals surface area contributed by atoms with E-state index in [4.69, 9.17) is 0 Å². The molecule has 0 saturated heterocycles. The predicted molar refractivity (Wildman–Crippen MR) is 122 cm³/mol. The molecule has 0 saturated carbocycles. The minimum absolute atomic E-state index is 0.0878. The number of thioether (sulfide) groups is 1. The molecule has 0 radical (unpaired) electrons. The molecule has 2 aromatic rings. The SMILES string of the molecule is CCN(CC)c1ccc(-c2nnc(SCC(=O)NC(=O)NCCC(C)C)n2C)cc1. The second-order valence-electron chi connectivity index (χ2n) is 7.36. The van der Waals surface area contributed by atoms with Crippen LogP contribution in [-0.4, -0.2) is 52.1 Å². The Morgan fingerprint density at radius 1 is 1.13 bits per heavy atom. The number of rotatable bonds is 10. The van der Waals surface area contributed by atoms with E-state index < -0.39 is 6.03 Å². The summed E-state index contributed by atoms with van der Waals surface area (Å²) in [6.07, 6.45) is 0.869. The van der Waals surface area contributed by atoms with Gasteiger partial charge < -0.3 is 14.8 Å². The molecule has 1 aromatic heterocycles. The number of amides is 3. The lowest BCUT2D eigenvalue weighted by Crippen LogP contribution is -2.40. The molecule has 3 amide bonds. The van der Waals surface area contributed by atoms with Gasteiger partial charge in [0.25, 0.3) is 0 Å². The van der Waals surface area contributed by atoms with Crippen molar-refractivity contribution >= 4 is 29.4 Å². The van der Waals surface area contributed by atoms with Crippen LogP contribution >= 0.6 is 11.8 Å². The van der Waals surface area contributed by atoms with Crippen molar-refractivity contribution in [1.29, 1.82) is 0 Å². The number of aromatic nitrogens is 3. The molecule has 1 heterocycles. The summed E-state index contributed by atoms with van der Waals surface area (Å²) in [4.78, 5) is 26.0. The Morgan fingerprint density at radius 3 is 2.40 bits per heavy atom. The Kier molecular flexibility index (Phi) is 9.16. The van der Waals surface area contributed by atoms with Gasteiger partial charge in [-0.05, 0) is 50.5 Å². The average molecular weight is 433 g/mol. The number of hydrogen-bond acceptors (Lipinski definition) is 6. The van der Waals surface area contributed by atoms with Crippen LogP contribution in [-0.2, 0) is 11.8 Å². The van der Waals surface area contributed by atoms with Crippen molar-refractivity contribution in [2.45, 2.75) is 39.3 Å². The second kappa shape index (κ2) is 11.6. The third kappa shape index (κ3) is 6.76. The number of hydrogen-bond donors (Lipinski definition) is 2. The molecular weight excluding hydrogens is 400 g/mol. The van der Waals surface area contributed by atoms with Crippen molar-refractivity contribution < 1.29 is 9.59 Å². The van der Waals surface area contributed by atoms with Gasteiger partial charge >= 0.3 is 6.03 Å². The smallest absolute Gasteiger partial charge is 0.321 e. The van der Waals surface area contributed by atoms with Crippen molar-refractivity contribution in [2.24, 2.45) is 13.0 Å². The first-order valence-electron chi connectivity index (χ1n) is 10.3. The van der Waals surface area contributed by atoms with Crippen molar-refractivity contribution in [1.82, 2.24) is 25.4 Å². The summed E-state index contributed by atoms with van der Waals surface area (Å²) in [7, 11) is 1.87. The number of carbonyl (C=O) groups is 2. The van der Waals surface area contributed by atoms with E-state index in [1.165, 1.54) is 17.4 Å². The number of imide groups is 1. The largest absolute Gasteiger partial charge is 0.372 e. The van der Waals surface area contributed by atoms with Crippen LogP contribution < -0.4 is 15.5 Å². The predicted octanol–water partition coefficient (Wildman–Crippen LogP) is 3.29. The highest BCUT2D eigenvalue weighted by atomic mass is 32.2. The molecule has 0 spiro atoms. The molecule has 30 heavy (non-hydrogen) atoms. The monoisotopic (exact) mass is 432 g/mol. The zero-order chi connectivity index (χ0) is 22.1. The molecule has 0 aliphatic heterocycles. The molecule has 0 aliphatic rings. The number of carbonyl (C=O) groups excluding carboxylic acids is 2. The minimum atomic E-state index is -0.465. The van der Waals surface area contributed by atoms with E-state index in [1.54, 1.807) is 0 Å².